The molecule has 6 heteroatoms. The number of ether oxygens (including phenoxy) is 1. The summed E-state index contributed by atoms with van der Waals surface area (Å²) >= 11 is 0. The molecule has 0 saturated carbocycles. The number of carbonyl (C=O) groups is 1. The van der Waals surface area contributed by atoms with Gasteiger partial charge in [-0.1, -0.05) is 0 Å². The van der Waals surface area contributed by atoms with Crippen LogP contribution in [-0.4, -0.2) is 53.0 Å². The molecular weight excluding hydrogens is 250 g/mol. The summed E-state index contributed by atoms with van der Waals surface area (Å²) in [4.78, 5) is 13.0. The molecule has 106 valence electrons. The van der Waals surface area contributed by atoms with E-state index in [1.54, 1.807) is 6.07 Å². The number of rotatable bonds is 4. The number of hydrogen-bond acceptors (Lipinski definition) is 5. The Morgan fingerprint density at radius 2 is 2.32 bits per heavy atom. The third-order valence-corrected chi connectivity index (χ3v) is 3.50. The second-order valence-electron chi connectivity index (χ2n) is 4.87. The standard InChI is InChI=1S/C13H19NO5/c1-8-7-18-10(6-15)5-14(8)9(2)11-3-4-12(19-11)13(16)17/h3-4,8-10,15H,5-7H2,1-2H3,(H,16,17). The molecule has 0 spiro atoms. The van der Waals surface area contributed by atoms with Gasteiger partial charge in [0, 0.05) is 12.6 Å². The van der Waals surface area contributed by atoms with Crippen LogP contribution < -0.4 is 0 Å². The minimum Gasteiger partial charge on any atom is -0.475 e. The molecule has 2 heterocycles. The summed E-state index contributed by atoms with van der Waals surface area (Å²) in [5, 5.41) is 18.0. The summed E-state index contributed by atoms with van der Waals surface area (Å²) in [5.41, 5.74) is 0. The highest BCUT2D eigenvalue weighted by Gasteiger charge is 2.31. The van der Waals surface area contributed by atoms with Gasteiger partial charge in [-0.25, -0.2) is 4.79 Å². The van der Waals surface area contributed by atoms with Crippen molar-refractivity contribution in [2.45, 2.75) is 32.0 Å². The van der Waals surface area contributed by atoms with Crippen LogP contribution in [0.5, 0.6) is 0 Å². The summed E-state index contributed by atoms with van der Waals surface area (Å²) in [5.74, 6) is -0.508. The lowest BCUT2D eigenvalue weighted by atomic mass is 10.1. The first kappa shape index (κ1) is 14.0. The third kappa shape index (κ3) is 2.97. The Hall–Kier alpha value is -1.37. The van der Waals surface area contributed by atoms with E-state index in [4.69, 9.17) is 14.3 Å². The van der Waals surface area contributed by atoms with Crippen LogP contribution >= 0.6 is 0 Å². The van der Waals surface area contributed by atoms with Crippen molar-refractivity contribution in [2.24, 2.45) is 0 Å². The van der Waals surface area contributed by atoms with E-state index in [9.17, 15) is 9.90 Å². The van der Waals surface area contributed by atoms with E-state index in [1.807, 2.05) is 13.8 Å². The van der Waals surface area contributed by atoms with Crippen LogP contribution in [0.2, 0.25) is 0 Å². The molecule has 1 aliphatic rings. The van der Waals surface area contributed by atoms with E-state index in [2.05, 4.69) is 4.90 Å². The average molecular weight is 269 g/mol. The zero-order valence-electron chi connectivity index (χ0n) is 11.1. The number of aliphatic hydroxyl groups excluding tert-OH is 1. The average Bonchev–Trinajstić information content (AvgIpc) is 2.88. The molecule has 0 aliphatic carbocycles. The van der Waals surface area contributed by atoms with Gasteiger partial charge in [0.2, 0.25) is 5.76 Å². The van der Waals surface area contributed by atoms with Gasteiger partial charge in [0.05, 0.1) is 25.4 Å². The molecule has 2 N–H and O–H groups in total. The van der Waals surface area contributed by atoms with Gasteiger partial charge in [0.15, 0.2) is 0 Å². The number of nitrogens with zero attached hydrogens (tertiary/aromatic N) is 1. The van der Waals surface area contributed by atoms with Gasteiger partial charge in [-0.15, -0.1) is 0 Å². The Balaban J connectivity index is 2.12. The number of carboxylic acid groups (broad SMARTS) is 1. The first-order chi connectivity index (χ1) is 9.02. The topological polar surface area (TPSA) is 83.1 Å². The number of hydrogen-bond donors (Lipinski definition) is 2. The maximum absolute atomic E-state index is 10.8. The molecule has 1 fully saturated rings. The first-order valence-electron chi connectivity index (χ1n) is 6.34. The number of aromatic carboxylic acids is 1. The Kier molecular flexibility index (Phi) is 4.24. The van der Waals surface area contributed by atoms with Crippen LogP contribution in [0.15, 0.2) is 16.5 Å². The van der Waals surface area contributed by atoms with E-state index in [0.29, 0.717) is 18.9 Å². The Morgan fingerprint density at radius 3 is 2.89 bits per heavy atom. The smallest absolute Gasteiger partial charge is 0.371 e. The van der Waals surface area contributed by atoms with E-state index in [1.165, 1.54) is 6.07 Å². The predicted molar refractivity (Wildman–Crippen MR) is 67.1 cm³/mol. The molecule has 0 aromatic carbocycles. The second-order valence-corrected chi connectivity index (χ2v) is 4.87. The number of aliphatic hydroxyl groups is 1. The van der Waals surface area contributed by atoms with Crippen LogP contribution in [-0.2, 0) is 4.74 Å². The molecule has 6 nitrogen and oxygen atoms in total. The van der Waals surface area contributed by atoms with Crippen molar-refractivity contribution in [3.8, 4) is 0 Å². The number of carboxylic acids is 1. The number of morpholine rings is 1. The van der Waals surface area contributed by atoms with Crippen LogP contribution in [0, 0.1) is 0 Å². The molecule has 1 aliphatic heterocycles. The molecule has 2 rings (SSSR count). The van der Waals surface area contributed by atoms with E-state index in [-0.39, 0.29) is 30.6 Å². The number of furan rings is 1. The molecular formula is C13H19NO5. The van der Waals surface area contributed by atoms with Crippen LogP contribution in [0.25, 0.3) is 0 Å². The summed E-state index contributed by atoms with van der Waals surface area (Å²) in [7, 11) is 0. The molecule has 0 bridgehead atoms. The predicted octanol–water partition coefficient (Wildman–Crippen LogP) is 1.12. The highest BCUT2D eigenvalue weighted by molar-refractivity contribution is 5.84. The Bertz CT molecular complexity index is 444. The minimum atomic E-state index is -1.07. The first-order valence-corrected chi connectivity index (χ1v) is 6.34. The van der Waals surface area contributed by atoms with Crippen LogP contribution in [0.3, 0.4) is 0 Å². The van der Waals surface area contributed by atoms with E-state index >= 15 is 0 Å². The quantitative estimate of drug-likeness (QED) is 0.852. The van der Waals surface area contributed by atoms with E-state index < -0.39 is 5.97 Å². The Labute approximate surface area is 111 Å². The fourth-order valence-electron chi connectivity index (χ4n) is 2.34. The van der Waals surface area contributed by atoms with E-state index in [0.717, 1.165) is 0 Å². The van der Waals surface area contributed by atoms with Crippen LogP contribution in [0.4, 0.5) is 0 Å². The zero-order valence-corrected chi connectivity index (χ0v) is 11.1. The monoisotopic (exact) mass is 269 g/mol. The summed E-state index contributed by atoms with van der Waals surface area (Å²) in [6, 6.07) is 3.28. The lowest BCUT2D eigenvalue weighted by Gasteiger charge is -2.40. The van der Waals surface area contributed by atoms with Crippen molar-refractivity contribution in [1.82, 2.24) is 4.90 Å². The van der Waals surface area contributed by atoms with Crippen molar-refractivity contribution < 1.29 is 24.2 Å². The summed E-state index contributed by atoms with van der Waals surface area (Å²) in [6.45, 7) is 5.12. The van der Waals surface area contributed by atoms with Gasteiger partial charge in [-0.2, -0.15) is 0 Å². The molecule has 19 heavy (non-hydrogen) atoms. The Morgan fingerprint density at radius 1 is 1.58 bits per heavy atom. The molecule has 1 saturated heterocycles. The minimum absolute atomic E-state index is 0.0194. The molecule has 3 unspecified atom stereocenters. The zero-order chi connectivity index (χ0) is 14.0. The summed E-state index contributed by atoms with van der Waals surface area (Å²) < 4.78 is 10.8. The van der Waals surface area contributed by atoms with Gasteiger partial charge in [-0.05, 0) is 26.0 Å². The van der Waals surface area contributed by atoms with Crippen molar-refractivity contribution in [3.63, 3.8) is 0 Å². The van der Waals surface area contributed by atoms with Gasteiger partial charge >= 0.3 is 5.97 Å². The normalized spacial score (nSPS) is 26.3. The SMILES string of the molecule is CC1COC(CO)CN1C(C)c1ccc(C(=O)O)o1. The lowest BCUT2D eigenvalue weighted by Crippen LogP contribution is -2.50. The maximum atomic E-state index is 10.8. The highest BCUT2D eigenvalue weighted by atomic mass is 16.5. The molecule has 1 aromatic rings. The highest BCUT2D eigenvalue weighted by Crippen LogP contribution is 2.27. The molecule has 0 amide bonds. The molecule has 0 radical (unpaired) electrons. The van der Waals surface area contributed by atoms with Crippen molar-refractivity contribution in [2.75, 3.05) is 19.8 Å². The van der Waals surface area contributed by atoms with Crippen molar-refractivity contribution >= 4 is 5.97 Å². The van der Waals surface area contributed by atoms with Crippen molar-refractivity contribution in [3.05, 3.63) is 23.7 Å². The van der Waals surface area contributed by atoms with Crippen LogP contribution in [0.1, 0.15) is 36.2 Å². The maximum Gasteiger partial charge on any atom is 0.371 e. The summed E-state index contributed by atoms with van der Waals surface area (Å²) in [6.07, 6.45) is -0.201. The van der Waals surface area contributed by atoms with Gasteiger partial charge < -0.3 is 19.4 Å². The largest absolute Gasteiger partial charge is 0.475 e. The van der Waals surface area contributed by atoms with Gasteiger partial charge in [0.25, 0.3) is 0 Å². The fourth-order valence-corrected chi connectivity index (χ4v) is 2.34. The van der Waals surface area contributed by atoms with Gasteiger partial charge in [0.1, 0.15) is 5.76 Å². The van der Waals surface area contributed by atoms with Gasteiger partial charge in [-0.3, -0.25) is 4.90 Å². The third-order valence-electron chi connectivity index (χ3n) is 3.50. The molecule has 1 aromatic heterocycles. The van der Waals surface area contributed by atoms with Crippen molar-refractivity contribution in [1.29, 1.82) is 0 Å². The fraction of sp³-hybridized carbons (Fsp3) is 0.615. The lowest BCUT2D eigenvalue weighted by molar-refractivity contribution is -0.0917. The second kappa shape index (κ2) is 5.73. The molecule has 3 atom stereocenters.